The first-order valence-electron chi connectivity index (χ1n) is 7.47. The molecule has 5 heteroatoms. The number of aliphatic hydroxyl groups is 1. The van der Waals surface area contributed by atoms with E-state index in [1.54, 1.807) is 7.11 Å². The number of rotatable bonds is 7. The molecule has 0 saturated carbocycles. The second kappa shape index (κ2) is 7.61. The number of esters is 1. The van der Waals surface area contributed by atoms with Gasteiger partial charge < -0.3 is 19.1 Å². The van der Waals surface area contributed by atoms with E-state index in [1.807, 2.05) is 52.1 Å². The summed E-state index contributed by atoms with van der Waals surface area (Å²) < 4.78 is 11.1. The molecule has 5 nitrogen and oxygen atoms in total. The van der Waals surface area contributed by atoms with Crippen molar-refractivity contribution in [3.8, 4) is 5.75 Å². The molecule has 0 radical (unpaired) electrons. The van der Waals surface area contributed by atoms with Gasteiger partial charge in [-0.1, -0.05) is 12.1 Å². The van der Waals surface area contributed by atoms with Gasteiger partial charge in [0.15, 0.2) is 6.54 Å². The van der Waals surface area contributed by atoms with Crippen molar-refractivity contribution in [1.82, 2.24) is 0 Å². The number of quaternary nitrogens is 1. The van der Waals surface area contributed by atoms with Crippen molar-refractivity contribution in [3.63, 3.8) is 0 Å². The summed E-state index contributed by atoms with van der Waals surface area (Å²) in [5.74, 6) is 0.521. The molecule has 22 heavy (non-hydrogen) atoms. The first-order chi connectivity index (χ1) is 10.2. The number of hydrogen-bond acceptors (Lipinski definition) is 4. The zero-order valence-corrected chi connectivity index (χ0v) is 14.3. The third-order valence-electron chi connectivity index (χ3n) is 3.32. The number of methoxy groups -OCH3 is 1. The summed E-state index contributed by atoms with van der Waals surface area (Å²) in [4.78, 5) is 12.1. The Morgan fingerprint density at radius 2 is 1.91 bits per heavy atom. The van der Waals surface area contributed by atoms with Crippen molar-refractivity contribution in [2.45, 2.75) is 32.9 Å². The van der Waals surface area contributed by atoms with Crippen LogP contribution in [0.25, 0.3) is 0 Å². The molecule has 0 aromatic heterocycles. The minimum atomic E-state index is -0.508. The summed E-state index contributed by atoms with van der Waals surface area (Å²) in [5.41, 5.74) is 0.496. The van der Waals surface area contributed by atoms with Gasteiger partial charge >= 0.3 is 5.97 Å². The van der Waals surface area contributed by atoms with Gasteiger partial charge in [0.1, 0.15) is 24.4 Å². The smallest absolute Gasteiger partial charge is 0.362 e. The van der Waals surface area contributed by atoms with E-state index in [0.717, 1.165) is 11.3 Å². The number of para-hydroxylation sites is 1. The number of carbonyl (C=O) groups is 1. The molecule has 0 aliphatic carbocycles. The third-order valence-corrected chi connectivity index (χ3v) is 3.32. The first kappa shape index (κ1) is 18.5. The predicted molar refractivity (Wildman–Crippen MR) is 85.5 cm³/mol. The monoisotopic (exact) mass is 310 g/mol. The Hall–Kier alpha value is -1.59. The number of hydrogen-bond donors (Lipinski definition) is 1. The molecule has 0 spiro atoms. The normalized spacial score (nSPS) is 14.3. The van der Waals surface area contributed by atoms with Crippen LogP contribution in [0, 0.1) is 0 Å². The molecule has 1 atom stereocenters. The zero-order chi connectivity index (χ0) is 16.8. The predicted octanol–water partition coefficient (Wildman–Crippen LogP) is 1.98. The van der Waals surface area contributed by atoms with Gasteiger partial charge in [0, 0.05) is 5.56 Å². The summed E-state index contributed by atoms with van der Waals surface area (Å²) in [6.45, 7) is 6.82. The highest BCUT2D eigenvalue weighted by molar-refractivity contribution is 5.71. The number of ether oxygens (including phenoxy) is 2. The van der Waals surface area contributed by atoms with Crippen LogP contribution in [0.3, 0.4) is 0 Å². The van der Waals surface area contributed by atoms with E-state index >= 15 is 0 Å². The van der Waals surface area contributed by atoms with E-state index in [4.69, 9.17) is 9.47 Å². The van der Waals surface area contributed by atoms with Crippen molar-refractivity contribution in [3.05, 3.63) is 29.8 Å². The van der Waals surface area contributed by atoms with E-state index < -0.39 is 5.60 Å². The van der Waals surface area contributed by atoms with Crippen molar-refractivity contribution in [1.29, 1.82) is 0 Å². The molecule has 0 bridgehead atoms. The standard InChI is InChI=1S/C17H28NO4/c1-17(2,3)22-16(20)13-18(4,10-11-19)12-14-8-6-7-9-15(14)21-5/h6-9,19H,10-13H2,1-5H3/q+1/t18-/m0/s1. The zero-order valence-electron chi connectivity index (χ0n) is 14.3. The lowest BCUT2D eigenvalue weighted by molar-refractivity contribution is -0.916. The fourth-order valence-corrected chi connectivity index (χ4v) is 2.39. The number of nitrogens with zero attached hydrogens (tertiary/aromatic N) is 1. The Morgan fingerprint density at radius 1 is 1.27 bits per heavy atom. The summed E-state index contributed by atoms with van der Waals surface area (Å²) in [5, 5.41) is 9.35. The van der Waals surface area contributed by atoms with Crippen LogP contribution in [0.5, 0.6) is 5.75 Å². The fourth-order valence-electron chi connectivity index (χ4n) is 2.39. The van der Waals surface area contributed by atoms with E-state index in [0.29, 0.717) is 17.6 Å². The van der Waals surface area contributed by atoms with Crippen molar-refractivity contribution in [2.24, 2.45) is 0 Å². The van der Waals surface area contributed by atoms with Crippen LogP contribution in [0.4, 0.5) is 0 Å². The lowest BCUT2D eigenvalue weighted by atomic mass is 10.1. The van der Waals surface area contributed by atoms with Gasteiger partial charge in [-0.15, -0.1) is 0 Å². The second-order valence-electron chi connectivity index (χ2n) is 6.78. The Bertz CT molecular complexity index is 496. The van der Waals surface area contributed by atoms with Crippen LogP contribution < -0.4 is 4.74 Å². The number of benzene rings is 1. The van der Waals surface area contributed by atoms with Crippen molar-refractivity contribution in [2.75, 3.05) is 33.9 Å². The fraction of sp³-hybridized carbons (Fsp3) is 0.588. The summed E-state index contributed by atoms with van der Waals surface area (Å²) in [6, 6.07) is 7.72. The number of aliphatic hydroxyl groups excluding tert-OH is 1. The summed E-state index contributed by atoms with van der Waals surface area (Å²) >= 11 is 0. The molecule has 1 N–H and O–H groups in total. The molecule has 0 aliphatic rings. The molecule has 1 aromatic rings. The molecule has 1 aromatic carbocycles. The van der Waals surface area contributed by atoms with Crippen LogP contribution in [-0.4, -0.2) is 55.0 Å². The van der Waals surface area contributed by atoms with E-state index in [2.05, 4.69) is 0 Å². The van der Waals surface area contributed by atoms with E-state index in [1.165, 1.54) is 0 Å². The maximum Gasteiger partial charge on any atom is 0.362 e. The van der Waals surface area contributed by atoms with Crippen LogP contribution in [0.15, 0.2) is 24.3 Å². The quantitative estimate of drug-likeness (QED) is 0.618. The van der Waals surface area contributed by atoms with Crippen molar-refractivity contribution < 1.29 is 23.9 Å². The van der Waals surface area contributed by atoms with E-state index in [-0.39, 0.29) is 19.1 Å². The SMILES string of the molecule is COc1ccccc1C[N@+](C)(CCO)CC(=O)OC(C)(C)C. The Morgan fingerprint density at radius 3 is 2.45 bits per heavy atom. The number of carbonyl (C=O) groups excluding carboxylic acids is 1. The molecule has 1 rings (SSSR count). The largest absolute Gasteiger partial charge is 0.496 e. The van der Waals surface area contributed by atoms with Crippen molar-refractivity contribution >= 4 is 5.97 Å². The average molecular weight is 310 g/mol. The van der Waals surface area contributed by atoms with Crippen LogP contribution in [0.1, 0.15) is 26.3 Å². The lowest BCUT2D eigenvalue weighted by Crippen LogP contribution is -2.50. The van der Waals surface area contributed by atoms with Gasteiger partial charge in [-0.05, 0) is 32.9 Å². The highest BCUT2D eigenvalue weighted by atomic mass is 16.6. The summed E-state index contributed by atoms with van der Waals surface area (Å²) in [6.07, 6.45) is 0. The van der Waals surface area contributed by atoms with E-state index in [9.17, 15) is 9.90 Å². The first-order valence-corrected chi connectivity index (χ1v) is 7.47. The van der Waals surface area contributed by atoms with Crippen LogP contribution in [-0.2, 0) is 16.1 Å². The van der Waals surface area contributed by atoms with Gasteiger partial charge in [0.2, 0.25) is 0 Å². The van der Waals surface area contributed by atoms with Gasteiger partial charge in [-0.25, -0.2) is 4.79 Å². The molecule has 0 amide bonds. The summed E-state index contributed by atoms with van der Waals surface area (Å²) in [7, 11) is 3.57. The molecule has 0 unspecified atom stereocenters. The molecular formula is C17H28NO4+. The molecule has 0 heterocycles. The Balaban J connectivity index is 2.88. The molecule has 0 saturated heterocycles. The lowest BCUT2D eigenvalue weighted by Gasteiger charge is -2.34. The minimum Gasteiger partial charge on any atom is -0.496 e. The molecule has 124 valence electrons. The highest BCUT2D eigenvalue weighted by Crippen LogP contribution is 2.22. The molecule has 0 aliphatic heterocycles. The molecule has 0 fully saturated rings. The highest BCUT2D eigenvalue weighted by Gasteiger charge is 2.29. The third kappa shape index (κ3) is 6.03. The van der Waals surface area contributed by atoms with Crippen LogP contribution in [0.2, 0.25) is 0 Å². The minimum absolute atomic E-state index is 0.00838. The molecular weight excluding hydrogens is 282 g/mol. The maximum absolute atomic E-state index is 12.1. The van der Waals surface area contributed by atoms with Gasteiger partial charge in [-0.2, -0.15) is 0 Å². The topological polar surface area (TPSA) is 55.8 Å². The Kier molecular flexibility index (Phi) is 6.38. The van der Waals surface area contributed by atoms with Gasteiger partial charge in [0.05, 0.1) is 20.8 Å². The number of likely N-dealkylation sites (N-methyl/N-ethyl adjacent to an activating group) is 1. The van der Waals surface area contributed by atoms with Gasteiger partial charge in [-0.3, -0.25) is 0 Å². The maximum atomic E-state index is 12.1. The van der Waals surface area contributed by atoms with Gasteiger partial charge in [0.25, 0.3) is 0 Å². The van der Waals surface area contributed by atoms with Crippen LogP contribution >= 0.6 is 0 Å². The Labute approximate surface area is 133 Å². The second-order valence-corrected chi connectivity index (χ2v) is 6.78. The average Bonchev–Trinajstić information content (AvgIpc) is 2.36.